The molecule has 0 aliphatic heterocycles. The van der Waals surface area contributed by atoms with E-state index in [1.165, 1.54) is 0 Å². The van der Waals surface area contributed by atoms with Gasteiger partial charge in [0.25, 0.3) is 0 Å². The fourth-order valence-electron chi connectivity index (χ4n) is 1.98. The van der Waals surface area contributed by atoms with Crippen LogP contribution in [0.25, 0.3) is 0 Å². The van der Waals surface area contributed by atoms with Gasteiger partial charge in [0.15, 0.2) is 0 Å². The van der Waals surface area contributed by atoms with Crippen molar-refractivity contribution in [3.63, 3.8) is 0 Å². The summed E-state index contributed by atoms with van der Waals surface area (Å²) in [5.41, 5.74) is 0.00284. The van der Waals surface area contributed by atoms with E-state index in [4.69, 9.17) is 0 Å². The summed E-state index contributed by atoms with van der Waals surface area (Å²) < 4.78 is 0. The minimum Gasteiger partial charge on any atom is -0.353 e. The van der Waals surface area contributed by atoms with Crippen LogP contribution in [0.1, 0.15) is 67.7 Å². The van der Waals surface area contributed by atoms with Gasteiger partial charge in [-0.15, -0.1) is 0 Å². The molecule has 1 N–H and O–H groups in total. The Bertz CT molecular complexity index is 233. The highest BCUT2D eigenvalue weighted by atomic mass is 16.2. The van der Waals surface area contributed by atoms with Crippen molar-refractivity contribution < 1.29 is 4.79 Å². The first-order valence-corrected chi connectivity index (χ1v) is 6.48. The third-order valence-electron chi connectivity index (χ3n) is 3.57. The van der Waals surface area contributed by atoms with Crippen molar-refractivity contribution in [2.24, 2.45) is 10.8 Å². The van der Waals surface area contributed by atoms with Crippen LogP contribution in [-0.4, -0.2) is 11.9 Å². The predicted molar refractivity (Wildman–Crippen MR) is 70.4 cm³/mol. The van der Waals surface area contributed by atoms with E-state index in [0.29, 0.717) is 0 Å². The van der Waals surface area contributed by atoms with Crippen molar-refractivity contribution in [3.8, 4) is 0 Å². The molecule has 0 saturated carbocycles. The standard InChI is InChI=1S/C14H29NO/c1-8-13(5,6)10-14(7,9-2)12(16)15-11(3)4/h11H,8-10H2,1-7H3,(H,15,16). The van der Waals surface area contributed by atoms with Crippen LogP contribution in [0.5, 0.6) is 0 Å². The highest BCUT2D eigenvalue weighted by Gasteiger charge is 2.36. The summed E-state index contributed by atoms with van der Waals surface area (Å²) >= 11 is 0. The Kier molecular flexibility index (Phi) is 5.51. The molecule has 0 aliphatic rings. The summed E-state index contributed by atoms with van der Waals surface area (Å²) in [6, 6.07) is 0.225. The summed E-state index contributed by atoms with van der Waals surface area (Å²) in [7, 11) is 0. The largest absolute Gasteiger partial charge is 0.353 e. The number of rotatable bonds is 6. The van der Waals surface area contributed by atoms with Gasteiger partial charge in [0.05, 0.1) is 0 Å². The van der Waals surface area contributed by atoms with Gasteiger partial charge in [0.2, 0.25) is 5.91 Å². The minimum atomic E-state index is -0.232. The maximum atomic E-state index is 12.2. The smallest absolute Gasteiger partial charge is 0.226 e. The van der Waals surface area contributed by atoms with E-state index >= 15 is 0 Å². The van der Waals surface area contributed by atoms with Crippen LogP contribution < -0.4 is 5.32 Å². The average Bonchev–Trinajstić information content (AvgIpc) is 2.16. The van der Waals surface area contributed by atoms with E-state index in [0.717, 1.165) is 19.3 Å². The molecule has 1 amide bonds. The Morgan fingerprint density at radius 2 is 1.62 bits per heavy atom. The fraction of sp³-hybridized carbons (Fsp3) is 0.929. The van der Waals surface area contributed by atoms with Gasteiger partial charge >= 0.3 is 0 Å². The second-order valence-electron chi connectivity index (χ2n) is 6.24. The lowest BCUT2D eigenvalue weighted by atomic mass is 9.70. The number of hydrogen-bond acceptors (Lipinski definition) is 1. The van der Waals surface area contributed by atoms with Gasteiger partial charge in [0.1, 0.15) is 0 Å². The first-order chi connectivity index (χ1) is 7.17. The zero-order valence-electron chi connectivity index (χ0n) is 12.1. The molecule has 16 heavy (non-hydrogen) atoms. The summed E-state index contributed by atoms with van der Waals surface area (Å²) in [4.78, 5) is 12.2. The molecule has 0 aliphatic carbocycles. The third-order valence-corrected chi connectivity index (χ3v) is 3.57. The monoisotopic (exact) mass is 227 g/mol. The van der Waals surface area contributed by atoms with Gasteiger partial charge < -0.3 is 5.32 Å². The summed E-state index contributed by atoms with van der Waals surface area (Å²) in [5, 5.41) is 3.04. The Balaban J connectivity index is 4.71. The molecule has 0 spiro atoms. The molecule has 96 valence electrons. The van der Waals surface area contributed by atoms with Crippen molar-refractivity contribution in [2.75, 3.05) is 0 Å². The molecule has 1 atom stereocenters. The van der Waals surface area contributed by atoms with Crippen molar-refractivity contribution in [3.05, 3.63) is 0 Å². The Labute approximate surface area is 101 Å². The Morgan fingerprint density at radius 3 is 1.94 bits per heavy atom. The van der Waals surface area contributed by atoms with Crippen LogP contribution in [0.15, 0.2) is 0 Å². The number of hydrogen-bond donors (Lipinski definition) is 1. The van der Waals surface area contributed by atoms with Gasteiger partial charge in [-0.3, -0.25) is 4.79 Å². The molecule has 2 heteroatoms. The van der Waals surface area contributed by atoms with E-state index in [2.05, 4.69) is 39.9 Å². The van der Waals surface area contributed by atoms with E-state index in [9.17, 15) is 4.79 Å². The molecular formula is C14H29NO. The number of carbonyl (C=O) groups excluding carboxylic acids is 1. The number of nitrogens with one attached hydrogen (secondary N) is 1. The molecule has 0 rings (SSSR count). The van der Waals surface area contributed by atoms with Gasteiger partial charge in [-0.25, -0.2) is 0 Å². The molecule has 0 fully saturated rings. The maximum Gasteiger partial charge on any atom is 0.226 e. The molecule has 1 unspecified atom stereocenters. The lowest BCUT2D eigenvalue weighted by molar-refractivity contribution is -0.132. The molecule has 0 aromatic rings. The van der Waals surface area contributed by atoms with E-state index in [-0.39, 0.29) is 22.8 Å². The summed E-state index contributed by atoms with van der Waals surface area (Å²) in [6.07, 6.45) is 2.96. The SMILES string of the molecule is CCC(C)(C)CC(C)(CC)C(=O)NC(C)C. The molecular weight excluding hydrogens is 198 g/mol. The quantitative estimate of drug-likeness (QED) is 0.735. The van der Waals surface area contributed by atoms with Gasteiger partial charge in [0, 0.05) is 11.5 Å². The number of amides is 1. The highest BCUT2D eigenvalue weighted by Crippen LogP contribution is 2.38. The third kappa shape index (κ3) is 4.54. The zero-order valence-corrected chi connectivity index (χ0v) is 12.1. The second kappa shape index (κ2) is 5.70. The van der Waals surface area contributed by atoms with Gasteiger partial charge in [-0.05, 0) is 32.1 Å². The van der Waals surface area contributed by atoms with E-state index in [1.807, 2.05) is 13.8 Å². The van der Waals surface area contributed by atoms with Crippen LogP contribution in [0.4, 0.5) is 0 Å². The molecule has 0 aromatic heterocycles. The first-order valence-electron chi connectivity index (χ1n) is 6.48. The molecule has 0 heterocycles. The molecule has 2 nitrogen and oxygen atoms in total. The topological polar surface area (TPSA) is 29.1 Å². The fourth-order valence-corrected chi connectivity index (χ4v) is 1.98. The summed E-state index contributed by atoms with van der Waals surface area (Å²) in [5.74, 6) is 0.200. The number of carbonyl (C=O) groups is 1. The first kappa shape index (κ1) is 15.5. The van der Waals surface area contributed by atoms with Crippen LogP contribution >= 0.6 is 0 Å². The lowest BCUT2D eigenvalue weighted by Crippen LogP contribution is -2.44. The van der Waals surface area contributed by atoms with Crippen molar-refractivity contribution in [1.82, 2.24) is 5.32 Å². The lowest BCUT2D eigenvalue weighted by Gasteiger charge is -2.36. The molecule has 0 saturated heterocycles. The van der Waals surface area contributed by atoms with Crippen LogP contribution in [-0.2, 0) is 4.79 Å². The van der Waals surface area contributed by atoms with Gasteiger partial charge in [-0.2, -0.15) is 0 Å². The van der Waals surface area contributed by atoms with Crippen LogP contribution in [0.3, 0.4) is 0 Å². The molecule has 0 radical (unpaired) electrons. The highest BCUT2D eigenvalue weighted by molar-refractivity contribution is 5.82. The predicted octanol–water partition coefficient (Wildman–Crippen LogP) is 3.75. The van der Waals surface area contributed by atoms with Crippen molar-refractivity contribution in [1.29, 1.82) is 0 Å². The van der Waals surface area contributed by atoms with Crippen molar-refractivity contribution >= 4 is 5.91 Å². The molecule has 0 bridgehead atoms. The zero-order chi connectivity index (χ0) is 13.0. The molecule has 0 aromatic carbocycles. The van der Waals surface area contributed by atoms with Gasteiger partial charge in [-0.1, -0.05) is 41.0 Å². The minimum absolute atomic E-state index is 0.200. The van der Waals surface area contributed by atoms with Crippen LogP contribution in [0, 0.1) is 10.8 Å². The Hall–Kier alpha value is -0.530. The maximum absolute atomic E-state index is 12.2. The normalized spacial score (nSPS) is 16.0. The summed E-state index contributed by atoms with van der Waals surface area (Å²) in [6.45, 7) is 14.9. The second-order valence-corrected chi connectivity index (χ2v) is 6.24. The Morgan fingerprint density at radius 1 is 1.12 bits per heavy atom. The van der Waals surface area contributed by atoms with Crippen LogP contribution in [0.2, 0.25) is 0 Å². The van der Waals surface area contributed by atoms with E-state index < -0.39 is 0 Å². The van der Waals surface area contributed by atoms with Crippen molar-refractivity contribution in [2.45, 2.75) is 73.8 Å². The average molecular weight is 227 g/mol. The van der Waals surface area contributed by atoms with E-state index in [1.54, 1.807) is 0 Å².